The summed E-state index contributed by atoms with van der Waals surface area (Å²) in [5, 5.41) is 3.30. The lowest BCUT2D eigenvalue weighted by molar-refractivity contribution is -0.120. The fourth-order valence-corrected chi connectivity index (χ4v) is 2.24. The number of anilines is 1. The van der Waals surface area contributed by atoms with E-state index in [0.29, 0.717) is 5.69 Å². The molecule has 0 aliphatic rings. The maximum absolute atomic E-state index is 12.6. The summed E-state index contributed by atoms with van der Waals surface area (Å²) in [6.45, 7) is 7.42. The highest BCUT2D eigenvalue weighted by atomic mass is 19.4. The Morgan fingerprint density at radius 3 is 2.29 bits per heavy atom. The van der Waals surface area contributed by atoms with Crippen LogP contribution in [0.5, 0.6) is 0 Å². The van der Waals surface area contributed by atoms with Crippen molar-refractivity contribution in [2.75, 3.05) is 18.0 Å². The van der Waals surface area contributed by atoms with Crippen LogP contribution in [-0.4, -0.2) is 30.3 Å². The van der Waals surface area contributed by atoms with Crippen LogP contribution in [0.25, 0.3) is 0 Å². The fraction of sp³-hybridized carbons (Fsp3) is 0.667. The monoisotopic (exact) mass is 303 g/mol. The van der Waals surface area contributed by atoms with Gasteiger partial charge in [-0.05, 0) is 38.9 Å². The standard InChI is InChI=1S/C15H24F3N3/c1-5-13(19-6-2)14-8-7-12(9-20-14)21(11(3)4)10-15(16,17)18/h7-9,11,13,19H,5-6,10H2,1-4H3. The molecule has 0 amide bonds. The Morgan fingerprint density at radius 2 is 1.90 bits per heavy atom. The van der Waals surface area contributed by atoms with Gasteiger partial charge in [0.2, 0.25) is 0 Å². The zero-order chi connectivity index (χ0) is 16.0. The lowest BCUT2D eigenvalue weighted by atomic mass is 10.1. The normalized spacial score (nSPS) is 13.5. The van der Waals surface area contributed by atoms with E-state index in [0.717, 1.165) is 18.7 Å². The predicted molar refractivity (Wildman–Crippen MR) is 79.5 cm³/mol. The number of aromatic nitrogens is 1. The summed E-state index contributed by atoms with van der Waals surface area (Å²) in [6.07, 6.45) is -1.81. The van der Waals surface area contributed by atoms with Gasteiger partial charge in [0.05, 0.1) is 17.6 Å². The largest absolute Gasteiger partial charge is 0.405 e. The van der Waals surface area contributed by atoms with Gasteiger partial charge in [0.25, 0.3) is 0 Å². The van der Waals surface area contributed by atoms with Gasteiger partial charge in [-0.15, -0.1) is 0 Å². The van der Waals surface area contributed by atoms with Crippen molar-refractivity contribution in [1.29, 1.82) is 0 Å². The van der Waals surface area contributed by atoms with Gasteiger partial charge in [-0.2, -0.15) is 13.2 Å². The van der Waals surface area contributed by atoms with E-state index in [-0.39, 0.29) is 12.1 Å². The van der Waals surface area contributed by atoms with Crippen LogP contribution in [0, 0.1) is 0 Å². The van der Waals surface area contributed by atoms with Crippen molar-refractivity contribution in [2.24, 2.45) is 0 Å². The quantitative estimate of drug-likeness (QED) is 0.827. The van der Waals surface area contributed by atoms with E-state index in [2.05, 4.69) is 10.3 Å². The first kappa shape index (κ1) is 17.8. The third kappa shape index (κ3) is 5.53. The SMILES string of the molecule is CCNC(CC)c1ccc(N(CC(F)(F)F)C(C)C)cn1. The van der Waals surface area contributed by atoms with Crippen LogP contribution in [0.1, 0.15) is 45.9 Å². The van der Waals surface area contributed by atoms with Gasteiger partial charge in [0.1, 0.15) is 6.54 Å². The Balaban J connectivity index is 2.92. The topological polar surface area (TPSA) is 28.2 Å². The molecule has 0 saturated carbocycles. The Morgan fingerprint density at radius 1 is 1.24 bits per heavy atom. The Kier molecular flexibility index (Phi) is 6.45. The molecule has 1 aromatic rings. The van der Waals surface area contributed by atoms with Crippen molar-refractivity contribution in [2.45, 2.75) is 52.4 Å². The molecule has 0 aliphatic heterocycles. The Labute approximate surface area is 124 Å². The molecule has 0 fully saturated rings. The van der Waals surface area contributed by atoms with Crippen LogP contribution in [0.2, 0.25) is 0 Å². The number of rotatable bonds is 7. The average molecular weight is 303 g/mol. The van der Waals surface area contributed by atoms with E-state index in [9.17, 15) is 13.2 Å². The second kappa shape index (κ2) is 7.64. The third-order valence-electron chi connectivity index (χ3n) is 3.29. The molecule has 0 saturated heterocycles. The van der Waals surface area contributed by atoms with Crippen LogP contribution >= 0.6 is 0 Å². The van der Waals surface area contributed by atoms with Gasteiger partial charge >= 0.3 is 6.18 Å². The molecule has 0 aromatic carbocycles. The first-order valence-electron chi connectivity index (χ1n) is 7.31. The summed E-state index contributed by atoms with van der Waals surface area (Å²) >= 11 is 0. The molecule has 120 valence electrons. The van der Waals surface area contributed by atoms with Crippen molar-refractivity contribution in [3.8, 4) is 0 Å². The zero-order valence-electron chi connectivity index (χ0n) is 13.0. The summed E-state index contributed by atoms with van der Waals surface area (Å²) in [5.41, 5.74) is 1.36. The van der Waals surface area contributed by atoms with Gasteiger partial charge in [-0.1, -0.05) is 13.8 Å². The number of alkyl halides is 3. The van der Waals surface area contributed by atoms with Crippen LogP contribution in [0.15, 0.2) is 18.3 Å². The summed E-state index contributed by atoms with van der Waals surface area (Å²) < 4.78 is 37.9. The molecule has 1 aromatic heterocycles. The molecule has 0 spiro atoms. The molecule has 1 N–H and O–H groups in total. The van der Waals surface area contributed by atoms with E-state index < -0.39 is 12.7 Å². The molecule has 21 heavy (non-hydrogen) atoms. The van der Waals surface area contributed by atoms with Gasteiger partial charge < -0.3 is 10.2 Å². The molecular formula is C15H24F3N3. The number of hydrogen-bond donors (Lipinski definition) is 1. The van der Waals surface area contributed by atoms with Crippen molar-refractivity contribution in [1.82, 2.24) is 10.3 Å². The van der Waals surface area contributed by atoms with Crippen LogP contribution in [-0.2, 0) is 0 Å². The third-order valence-corrected chi connectivity index (χ3v) is 3.29. The van der Waals surface area contributed by atoms with Crippen molar-refractivity contribution in [3.63, 3.8) is 0 Å². The number of nitrogens with one attached hydrogen (secondary N) is 1. The molecular weight excluding hydrogens is 279 g/mol. The minimum Gasteiger partial charge on any atom is -0.359 e. The summed E-state index contributed by atoms with van der Waals surface area (Å²) in [4.78, 5) is 5.64. The first-order valence-corrected chi connectivity index (χ1v) is 7.31. The second-order valence-electron chi connectivity index (χ2n) is 5.30. The molecule has 1 unspecified atom stereocenters. The van der Waals surface area contributed by atoms with Crippen molar-refractivity contribution < 1.29 is 13.2 Å². The van der Waals surface area contributed by atoms with Gasteiger partial charge in [0.15, 0.2) is 0 Å². The average Bonchev–Trinajstić information content (AvgIpc) is 2.41. The van der Waals surface area contributed by atoms with Crippen LogP contribution in [0.4, 0.5) is 18.9 Å². The minimum absolute atomic E-state index is 0.138. The Hall–Kier alpha value is -1.30. The number of halogens is 3. The molecule has 6 heteroatoms. The second-order valence-corrected chi connectivity index (χ2v) is 5.30. The maximum atomic E-state index is 12.6. The summed E-state index contributed by atoms with van der Waals surface area (Å²) in [7, 11) is 0. The van der Waals surface area contributed by atoms with E-state index in [1.807, 2.05) is 13.8 Å². The van der Waals surface area contributed by atoms with Gasteiger partial charge in [-0.25, -0.2) is 0 Å². The maximum Gasteiger partial charge on any atom is 0.405 e. The minimum atomic E-state index is -4.22. The molecule has 0 radical (unpaired) electrons. The number of pyridine rings is 1. The first-order chi connectivity index (χ1) is 9.78. The molecule has 1 heterocycles. The van der Waals surface area contributed by atoms with E-state index in [1.54, 1.807) is 26.0 Å². The molecule has 1 rings (SSSR count). The highest BCUT2D eigenvalue weighted by Gasteiger charge is 2.32. The predicted octanol–water partition coefficient (Wildman–Crippen LogP) is 3.92. The lowest BCUT2D eigenvalue weighted by Gasteiger charge is -2.29. The summed E-state index contributed by atoms with van der Waals surface area (Å²) in [5.74, 6) is 0. The van der Waals surface area contributed by atoms with Gasteiger partial charge in [0, 0.05) is 12.1 Å². The molecule has 0 bridgehead atoms. The van der Waals surface area contributed by atoms with Crippen LogP contribution in [0.3, 0.4) is 0 Å². The van der Waals surface area contributed by atoms with Crippen LogP contribution < -0.4 is 10.2 Å². The van der Waals surface area contributed by atoms with E-state index in [1.165, 1.54) is 11.1 Å². The molecule has 0 aliphatic carbocycles. The lowest BCUT2D eigenvalue weighted by Crippen LogP contribution is -2.39. The van der Waals surface area contributed by atoms with Gasteiger partial charge in [-0.3, -0.25) is 4.98 Å². The van der Waals surface area contributed by atoms with E-state index >= 15 is 0 Å². The fourth-order valence-electron chi connectivity index (χ4n) is 2.24. The van der Waals surface area contributed by atoms with Crippen molar-refractivity contribution >= 4 is 5.69 Å². The number of hydrogen-bond acceptors (Lipinski definition) is 3. The van der Waals surface area contributed by atoms with E-state index in [4.69, 9.17) is 0 Å². The van der Waals surface area contributed by atoms with Crippen molar-refractivity contribution in [3.05, 3.63) is 24.0 Å². The highest BCUT2D eigenvalue weighted by molar-refractivity contribution is 5.46. The molecule has 3 nitrogen and oxygen atoms in total. The number of nitrogens with zero attached hydrogens (tertiary/aromatic N) is 2. The Bertz CT molecular complexity index is 415. The smallest absolute Gasteiger partial charge is 0.359 e. The zero-order valence-corrected chi connectivity index (χ0v) is 13.0. The molecule has 1 atom stereocenters. The summed E-state index contributed by atoms with van der Waals surface area (Å²) in [6, 6.07) is 3.42. The highest BCUT2D eigenvalue weighted by Crippen LogP contribution is 2.25.